The van der Waals surface area contributed by atoms with Gasteiger partial charge in [-0.15, -0.1) is 5.10 Å². The molecular formula is C13H8ClN3O2S. The molecule has 7 heteroatoms. The fourth-order valence-corrected chi connectivity index (χ4v) is 2.90. The number of nitrogens with zero attached hydrogens (tertiary/aromatic N) is 3. The van der Waals surface area contributed by atoms with E-state index in [9.17, 15) is 0 Å². The van der Waals surface area contributed by atoms with Gasteiger partial charge in [0.2, 0.25) is 4.96 Å². The van der Waals surface area contributed by atoms with Crippen molar-refractivity contribution in [2.75, 3.05) is 7.11 Å². The number of hydrogen-bond donors (Lipinski definition) is 0. The summed E-state index contributed by atoms with van der Waals surface area (Å²) in [5.41, 5.74) is 1.52. The van der Waals surface area contributed by atoms with E-state index in [1.54, 1.807) is 17.7 Å². The molecule has 0 radical (unpaired) electrons. The van der Waals surface area contributed by atoms with Gasteiger partial charge in [-0.25, -0.2) is 9.50 Å². The maximum Gasteiger partial charge on any atom is 0.294 e. The van der Waals surface area contributed by atoms with Crippen LogP contribution in [-0.4, -0.2) is 21.7 Å². The molecule has 0 amide bonds. The number of hydrogen-bond acceptors (Lipinski definition) is 5. The predicted octanol–water partition coefficient (Wildman–Crippen LogP) is 3.87. The molecule has 4 rings (SSSR count). The third-order valence-electron chi connectivity index (χ3n) is 2.93. The van der Waals surface area contributed by atoms with E-state index in [-0.39, 0.29) is 0 Å². The van der Waals surface area contributed by atoms with E-state index in [1.165, 1.54) is 11.3 Å². The molecule has 0 aliphatic heterocycles. The number of methoxy groups -OCH3 is 1. The van der Waals surface area contributed by atoms with E-state index in [2.05, 4.69) is 10.1 Å². The molecule has 3 heterocycles. The van der Waals surface area contributed by atoms with Crippen LogP contribution in [0.4, 0.5) is 0 Å². The first-order chi connectivity index (χ1) is 9.72. The third-order valence-corrected chi connectivity index (χ3v) is 4.05. The van der Waals surface area contributed by atoms with Gasteiger partial charge in [0, 0.05) is 10.4 Å². The van der Waals surface area contributed by atoms with E-state index in [4.69, 9.17) is 20.8 Å². The van der Waals surface area contributed by atoms with Crippen LogP contribution in [0.3, 0.4) is 0 Å². The molecule has 1 aromatic carbocycles. The van der Waals surface area contributed by atoms with Crippen molar-refractivity contribution >= 4 is 38.9 Å². The Balaban J connectivity index is 1.84. The molecule has 0 saturated carbocycles. The van der Waals surface area contributed by atoms with Crippen LogP contribution in [-0.2, 0) is 0 Å². The SMILES string of the molecule is COc1nn2cc(-c3cc4cc(Cl)ccc4o3)nc2s1. The summed E-state index contributed by atoms with van der Waals surface area (Å²) >= 11 is 7.35. The van der Waals surface area contributed by atoms with Crippen LogP contribution in [0.25, 0.3) is 27.4 Å². The van der Waals surface area contributed by atoms with Gasteiger partial charge in [0.05, 0.1) is 13.3 Å². The molecule has 3 aromatic heterocycles. The molecule has 0 aliphatic rings. The van der Waals surface area contributed by atoms with Crippen molar-refractivity contribution in [2.24, 2.45) is 0 Å². The lowest BCUT2D eigenvalue weighted by molar-refractivity contribution is 0.405. The Bertz CT molecular complexity index is 893. The fraction of sp³-hybridized carbons (Fsp3) is 0.0769. The van der Waals surface area contributed by atoms with Crippen molar-refractivity contribution in [3.8, 4) is 16.6 Å². The summed E-state index contributed by atoms with van der Waals surface area (Å²) in [5.74, 6) is 0.693. The van der Waals surface area contributed by atoms with E-state index < -0.39 is 0 Å². The highest BCUT2D eigenvalue weighted by Gasteiger charge is 2.13. The molecular weight excluding hydrogens is 298 g/mol. The van der Waals surface area contributed by atoms with E-state index in [0.29, 0.717) is 16.0 Å². The Hall–Kier alpha value is -2.05. The van der Waals surface area contributed by atoms with Crippen molar-refractivity contribution in [3.05, 3.63) is 35.5 Å². The van der Waals surface area contributed by atoms with E-state index in [1.807, 2.05) is 24.4 Å². The second kappa shape index (κ2) is 4.22. The van der Waals surface area contributed by atoms with Crippen LogP contribution in [0.1, 0.15) is 0 Å². The summed E-state index contributed by atoms with van der Waals surface area (Å²) in [5, 5.41) is 6.45. The Labute approximate surface area is 122 Å². The van der Waals surface area contributed by atoms with Gasteiger partial charge in [0.1, 0.15) is 11.3 Å². The average molecular weight is 306 g/mol. The number of rotatable bonds is 2. The van der Waals surface area contributed by atoms with Gasteiger partial charge < -0.3 is 9.15 Å². The summed E-state index contributed by atoms with van der Waals surface area (Å²) in [6, 6.07) is 7.44. The Morgan fingerprint density at radius 3 is 3.05 bits per heavy atom. The summed E-state index contributed by atoms with van der Waals surface area (Å²) in [6.45, 7) is 0. The topological polar surface area (TPSA) is 52.6 Å². The molecule has 0 spiro atoms. The highest BCUT2D eigenvalue weighted by Crippen LogP contribution is 2.30. The fourth-order valence-electron chi connectivity index (χ4n) is 2.02. The first-order valence-electron chi connectivity index (χ1n) is 5.82. The second-order valence-electron chi connectivity index (χ2n) is 4.22. The van der Waals surface area contributed by atoms with E-state index >= 15 is 0 Å². The maximum absolute atomic E-state index is 5.97. The summed E-state index contributed by atoms with van der Waals surface area (Å²) in [6.07, 6.45) is 1.81. The van der Waals surface area contributed by atoms with Crippen molar-refractivity contribution in [2.45, 2.75) is 0 Å². The smallest absolute Gasteiger partial charge is 0.294 e. The van der Waals surface area contributed by atoms with Crippen LogP contribution in [0.15, 0.2) is 34.9 Å². The molecule has 0 saturated heterocycles. The summed E-state index contributed by atoms with van der Waals surface area (Å²) in [4.78, 5) is 5.24. The normalized spacial score (nSPS) is 11.5. The van der Waals surface area contributed by atoms with Crippen LogP contribution in [0.5, 0.6) is 5.19 Å². The highest BCUT2D eigenvalue weighted by molar-refractivity contribution is 7.18. The lowest BCUT2D eigenvalue weighted by atomic mass is 10.2. The molecule has 0 fully saturated rings. The van der Waals surface area contributed by atoms with Crippen molar-refractivity contribution in [1.82, 2.24) is 14.6 Å². The standard InChI is InChI=1S/C13H8ClN3O2S/c1-18-13-16-17-6-9(15-12(17)20-13)11-5-7-4-8(14)2-3-10(7)19-11/h2-6H,1H3. The van der Waals surface area contributed by atoms with Crippen LogP contribution >= 0.6 is 22.9 Å². The molecule has 0 atom stereocenters. The van der Waals surface area contributed by atoms with Gasteiger partial charge in [-0.2, -0.15) is 0 Å². The quantitative estimate of drug-likeness (QED) is 0.564. The number of ether oxygens (including phenoxy) is 1. The van der Waals surface area contributed by atoms with Crippen molar-refractivity contribution < 1.29 is 9.15 Å². The average Bonchev–Trinajstić information content (AvgIpc) is 3.08. The summed E-state index contributed by atoms with van der Waals surface area (Å²) < 4.78 is 12.5. The zero-order chi connectivity index (χ0) is 13.7. The van der Waals surface area contributed by atoms with Crippen LogP contribution < -0.4 is 4.74 Å². The minimum Gasteiger partial charge on any atom is -0.472 e. The number of fused-ring (bicyclic) bond motifs is 2. The monoisotopic (exact) mass is 305 g/mol. The number of imidazole rings is 1. The Morgan fingerprint density at radius 2 is 2.25 bits per heavy atom. The van der Waals surface area contributed by atoms with E-state index in [0.717, 1.165) is 21.6 Å². The van der Waals surface area contributed by atoms with Gasteiger partial charge >= 0.3 is 0 Å². The predicted molar refractivity (Wildman–Crippen MR) is 77.6 cm³/mol. The molecule has 0 aliphatic carbocycles. The van der Waals surface area contributed by atoms with Gasteiger partial charge in [-0.05, 0) is 35.6 Å². The molecule has 20 heavy (non-hydrogen) atoms. The lowest BCUT2D eigenvalue weighted by Crippen LogP contribution is -1.84. The Kier molecular flexibility index (Phi) is 2.48. The highest BCUT2D eigenvalue weighted by atomic mass is 35.5. The van der Waals surface area contributed by atoms with Crippen molar-refractivity contribution in [1.29, 1.82) is 0 Å². The minimum atomic E-state index is 0.579. The van der Waals surface area contributed by atoms with Crippen LogP contribution in [0, 0.1) is 0 Å². The number of benzene rings is 1. The summed E-state index contributed by atoms with van der Waals surface area (Å²) in [7, 11) is 1.59. The zero-order valence-corrected chi connectivity index (χ0v) is 11.9. The largest absolute Gasteiger partial charge is 0.472 e. The Morgan fingerprint density at radius 1 is 1.35 bits per heavy atom. The van der Waals surface area contributed by atoms with Gasteiger partial charge in [-0.3, -0.25) is 0 Å². The molecule has 0 bridgehead atoms. The number of halogens is 1. The lowest BCUT2D eigenvalue weighted by Gasteiger charge is -1.88. The van der Waals surface area contributed by atoms with Gasteiger partial charge in [0.15, 0.2) is 5.76 Å². The number of aromatic nitrogens is 3. The minimum absolute atomic E-state index is 0.579. The van der Waals surface area contributed by atoms with Crippen molar-refractivity contribution in [3.63, 3.8) is 0 Å². The first kappa shape index (κ1) is 11.7. The zero-order valence-electron chi connectivity index (χ0n) is 10.3. The van der Waals surface area contributed by atoms with Gasteiger partial charge in [0.25, 0.3) is 5.19 Å². The van der Waals surface area contributed by atoms with Crippen LogP contribution in [0.2, 0.25) is 5.02 Å². The first-order valence-corrected chi connectivity index (χ1v) is 7.02. The van der Waals surface area contributed by atoms with Gasteiger partial charge in [-0.1, -0.05) is 11.6 Å². The molecule has 0 unspecified atom stereocenters. The maximum atomic E-state index is 5.97. The second-order valence-corrected chi connectivity index (χ2v) is 5.57. The molecule has 100 valence electrons. The number of furan rings is 1. The molecule has 4 aromatic rings. The third kappa shape index (κ3) is 1.76. The molecule has 5 nitrogen and oxygen atoms in total. The molecule has 0 N–H and O–H groups in total.